The van der Waals surface area contributed by atoms with Crippen LogP contribution >= 0.6 is 0 Å². The first-order valence-corrected chi connectivity index (χ1v) is 22.3. The summed E-state index contributed by atoms with van der Waals surface area (Å²) >= 11 is 0. The fourth-order valence-electron chi connectivity index (χ4n) is 8.66. The molecule has 336 valence electrons. The molecule has 1 aliphatic rings. The minimum absolute atomic E-state index is 0. The van der Waals surface area contributed by atoms with Crippen molar-refractivity contribution in [1.82, 2.24) is 9.55 Å². The first-order valence-electron chi connectivity index (χ1n) is 22.3. The Morgan fingerprint density at radius 1 is 0.569 bits per heavy atom. The van der Waals surface area contributed by atoms with Crippen LogP contribution in [-0.2, 0) is 42.7 Å². The van der Waals surface area contributed by atoms with Gasteiger partial charge in [0.2, 0.25) is 0 Å². The smallest absolute Gasteiger partial charge is 0.135 e. The summed E-state index contributed by atoms with van der Waals surface area (Å²) in [5.74, 6) is 1.49. The minimum Gasteiger partial charge on any atom is -0.509 e. The average molecular weight is 1040 g/mol. The molecule has 0 bridgehead atoms. The van der Waals surface area contributed by atoms with E-state index in [9.17, 15) is 4.39 Å². The van der Waals surface area contributed by atoms with Crippen molar-refractivity contribution in [2.75, 3.05) is 9.80 Å². The molecule has 5 nitrogen and oxygen atoms in total. The van der Waals surface area contributed by atoms with Crippen LogP contribution in [-0.4, -0.2) is 9.55 Å². The van der Waals surface area contributed by atoms with Gasteiger partial charge in [-0.25, -0.2) is 9.37 Å². The number of ether oxygens (including phenoxy) is 1. The molecule has 0 amide bonds. The summed E-state index contributed by atoms with van der Waals surface area (Å²) in [5.41, 5.74) is 12.7. The fourth-order valence-corrected chi connectivity index (χ4v) is 8.66. The zero-order chi connectivity index (χ0) is 45.5. The Hall–Kier alpha value is -5.71. The molecule has 6 aromatic carbocycles. The van der Waals surface area contributed by atoms with Crippen molar-refractivity contribution in [2.24, 2.45) is 0 Å². The van der Waals surface area contributed by atoms with Gasteiger partial charge in [-0.3, -0.25) is 0 Å². The van der Waals surface area contributed by atoms with Crippen molar-refractivity contribution < 1.29 is 30.2 Å². The zero-order valence-electron chi connectivity index (χ0n) is 39.6. The summed E-state index contributed by atoms with van der Waals surface area (Å²) in [6, 6.07) is 48.5. The maximum Gasteiger partial charge on any atom is 0.135 e. The number of hydrogen-bond acceptors (Lipinski definition) is 4. The van der Waals surface area contributed by atoms with Crippen molar-refractivity contribution in [2.45, 2.75) is 105 Å². The van der Waals surface area contributed by atoms with Crippen molar-refractivity contribution in [3.05, 3.63) is 174 Å². The molecule has 0 fully saturated rings. The van der Waals surface area contributed by atoms with Crippen LogP contribution in [0.4, 0.5) is 27.1 Å². The first-order chi connectivity index (χ1) is 30.1. The van der Waals surface area contributed by atoms with Crippen LogP contribution in [0.2, 0.25) is 0 Å². The SMILES string of the molecule is CC(C)(C)c1ccc(-c2cnc(-n3c4[c-]c(Oc5[c-]c(N6[CH-]N(c7cccc(C(C)(C)C)c7)c7ccc(C(C)(C)C)cc76)ccc5)ccc4c4cc(F)ccc43)cc2C(C)(C)C)cc1.[Pt]. The summed E-state index contributed by atoms with van der Waals surface area (Å²) in [6.07, 6.45) is 1.98. The molecule has 0 spiro atoms. The van der Waals surface area contributed by atoms with Crippen LogP contribution in [0.25, 0.3) is 38.8 Å². The minimum atomic E-state index is -0.300. The predicted octanol–water partition coefficient (Wildman–Crippen LogP) is 16.0. The van der Waals surface area contributed by atoms with Gasteiger partial charge in [0.1, 0.15) is 11.6 Å². The van der Waals surface area contributed by atoms with E-state index in [0.29, 0.717) is 11.5 Å². The Labute approximate surface area is 399 Å². The quantitative estimate of drug-likeness (QED) is 0.155. The third-order valence-electron chi connectivity index (χ3n) is 12.4. The van der Waals surface area contributed by atoms with Gasteiger partial charge < -0.3 is 19.1 Å². The molecule has 0 saturated carbocycles. The van der Waals surface area contributed by atoms with Crippen LogP contribution in [0, 0.1) is 24.6 Å². The number of rotatable bonds is 6. The van der Waals surface area contributed by atoms with E-state index in [4.69, 9.17) is 9.72 Å². The van der Waals surface area contributed by atoms with E-state index in [1.165, 1.54) is 22.8 Å². The Morgan fingerprint density at radius 2 is 1.23 bits per heavy atom. The van der Waals surface area contributed by atoms with Crippen LogP contribution < -0.4 is 14.5 Å². The molecule has 65 heavy (non-hydrogen) atoms. The molecule has 7 heteroatoms. The number of benzene rings is 6. The van der Waals surface area contributed by atoms with Gasteiger partial charge in [0.05, 0.1) is 0 Å². The van der Waals surface area contributed by atoms with Gasteiger partial charge in [-0.15, -0.1) is 48.1 Å². The third-order valence-corrected chi connectivity index (χ3v) is 12.4. The Kier molecular flexibility index (Phi) is 11.7. The van der Waals surface area contributed by atoms with Gasteiger partial charge >= 0.3 is 0 Å². The predicted molar refractivity (Wildman–Crippen MR) is 264 cm³/mol. The van der Waals surface area contributed by atoms with Crippen LogP contribution in [0.1, 0.15) is 105 Å². The standard InChI is InChI=1S/C58H58FN4O.Pt/c1-55(2,3)38-21-19-37(20-22-38)48-35-60-54(34-49(48)58(10,11)12)63-50-28-24-41(59)31-47(50)46-26-25-45(33-52(46)63)64-44-18-14-17-43(32-44)62-36-61(42-16-13-15-39(29-42)56(4,5)6)51-27-23-40(30-53(51)62)57(7,8)9;/h13-31,34-36H,1-12H3;/q-3;. The molecule has 0 radical (unpaired) electrons. The molecule has 0 aliphatic carbocycles. The number of anilines is 4. The molecule has 3 heterocycles. The summed E-state index contributed by atoms with van der Waals surface area (Å²) in [4.78, 5) is 9.56. The largest absolute Gasteiger partial charge is 0.509 e. The number of fused-ring (bicyclic) bond motifs is 4. The molecule has 0 atom stereocenters. The third kappa shape index (κ3) is 8.87. The van der Waals surface area contributed by atoms with Gasteiger partial charge in [0, 0.05) is 66.9 Å². The van der Waals surface area contributed by atoms with E-state index in [1.54, 1.807) is 6.07 Å². The van der Waals surface area contributed by atoms with E-state index < -0.39 is 0 Å². The number of aromatic nitrogens is 2. The molecule has 8 aromatic rings. The van der Waals surface area contributed by atoms with Gasteiger partial charge in [-0.1, -0.05) is 131 Å². The van der Waals surface area contributed by atoms with Crippen LogP contribution in [0.3, 0.4) is 0 Å². The number of nitrogens with zero attached hydrogens (tertiary/aromatic N) is 4. The second-order valence-corrected chi connectivity index (χ2v) is 21.4. The van der Waals surface area contributed by atoms with E-state index in [1.807, 2.05) is 36.5 Å². The fraction of sp³-hybridized carbons (Fsp3) is 0.276. The molecule has 0 unspecified atom stereocenters. The normalized spacial score (nSPS) is 13.4. The van der Waals surface area contributed by atoms with Gasteiger partial charge in [0.25, 0.3) is 0 Å². The molecular weight excluding hydrogens is 983 g/mol. The molecule has 0 saturated heterocycles. The molecule has 1 aliphatic heterocycles. The van der Waals surface area contributed by atoms with E-state index >= 15 is 0 Å². The molecule has 9 rings (SSSR count). The summed E-state index contributed by atoms with van der Waals surface area (Å²) in [6.45, 7) is 29.0. The van der Waals surface area contributed by atoms with E-state index in [2.05, 4.69) is 195 Å². The van der Waals surface area contributed by atoms with Crippen molar-refractivity contribution in [1.29, 1.82) is 0 Å². The topological polar surface area (TPSA) is 33.5 Å². The van der Waals surface area contributed by atoms with Crippen molar-refractivity contribution in [3.63, 3.8) is 0 Å². The zero-order valence-corrected chi connectivity index (χ0v) is 41.9. The monoisotopic (exact) mass is 1040 g/mol. The second kappa shape index (κ2) is 16.6. The summed E-state index contributed by atoms with van der Waals surface area (Å²) < 4.78 is 23.7. The van der Waals surface area contributed by atoms with Crippen molar-refractivity contribution in [3.8, 4) is 28.4 Å². The molecule has 2 aromatic heterocycles. The maximum atomic E-state index is 15.0. The summed E-state index contributed by atoms with van der Waals surface area (Å²) in [5, 5.41) is 1.64. The maximum absolute atomic E-state index is 15.0. The number of pyridine rings is 1. The number of hydrogen-bond donors (Lipinski definition) is 0. The Morgan fingerprint density at radius 3 is 1.92 bits per heavy atom. The van der Waals surface area contributed by atoms with Crippen LogP contribution in [0.5, 0.6) is 11.5 Å². The number of halogens is 1. The van der Waals surface area contributed by atoms with Crippen LogP contribution in [0.15, 0.2) is 128 Å². The first kappa shape index (κ1) is 45.8. The second-order valence-electron chi connectivity index (χ2n) is 21.4. The van der Waals surface area contributed by atoms with E-state index in [-0.39, 0.29) is 48.5 Å². The van der Waals surface area contributed by atoms with Crippen molar-refractivity contribution >= 4 is 44.6 Å². The average Bonchev–Trinajstić information content (AvgIpc) is 3.78. The van der Waals surface area contributed by atoms with Gasteiger partial charge in [0.15, 0.2) is 0 Å². The van der Waals surface area contributed by atoms with Gasteiger partial charge in [-0.2, -0.15) is 12.1 Å². The molecule has 0 N–H and O–H groups in total. The van der Waals surface area contributed by atoms with E-state index in [0.717, 1.165) is 67.1 Å². The molecular formula is C58H58FN4OPt-3. The Bertz CT molecular complexity index is 3070. The van der Waals surface area contributed by atoms with Gasteiger partial charge in [-0.05, 0) is 103 Å². The summed E-state index contributed by atoms with van der Waals surface area (Å²) in [7, 11) is 0. The Balaban J connectivity index is 0.00000576.